The molecule has 1 saturated heterocycles. The molecular formula is C27H23N3O5. The predicted molar refractivity (Wildman–Crippen MR) is 129 cm³/mol. The van der Waals surface area contributed by atoms with E-state index in [0.717, 1.165) is 35.2 Å². The monoisotopic (exact) mass is 469 g/mol. The van der Waals surface area contributed by atoms with Crippen LogP contribution in [0, 0.1) is 13.8 Å². The molecule has 8 heteroatoms. The van der Waals surface area contributed by atoms with Crippen molar-refractivity contribution in [2.24, 2.45) is 0 Å². The molecule has 2 aromatic heterocycles. The van der Waals surface area contributed by atoms with Crippen LogP contribution in [-0.4, -0.2) is 33.4 Å². The first kappa shape index (κ1) is 21.2. The number of Topliss-reactive ketones (excluding diaryl/α,β-unsaturated/α-hetero) is 1. The largest absolute Gasteiger partial charge is 0.507 e. The average molecular weight is 469 g/mol. The number of ketones is 1. The topological polar surface area (TPSA) is 109 Å². The van der Waals surface area contributed by atoms with Crippen LogP contribution in [-0.2, 0) is 16.0 Å². The van der Waals surface area contributed by atoms with E-state index in [1.165, 1.54) is 4.90 Å². The Bertz CT molecular complexity index is 1540. The average Bonchev–Trinajstić information content (AvgIpc) is 3.54. The van der Waals surface area contributed by atoms with Crippen LogP contribution in [0.1, 0.15) is 40.7 Å². The van der Waals surface area contributed by atoms with Gasteiger partial charge in [0.05, 0.1) is 23.2 Å². The molecule has 0 saturated carbocycles. The van der Waals surface area contributed by atoms with Crippen LogP contribution < -0.4 is 9.64 Å². The maximum atomic E-state index is 13.3. The third kappa shape index (κ3) is 3.41. The molecule has 2 N–H and O–H groups in total. The number of benzene rings is 2. The quantitative estimate of drug-likeness (QED) is 0.255. The SMILES string of the molecule is Cc1ccc2nc(N3C(=O)C(=O)/C(=C(/O)c4ccc5c(c4)CCCO5)C3c3ccc(C)o3)[nH]c2c1. The molecule has 4 aromatic rings. The maximum Gasteiger partial charge on any atom is 0.302 e. The molecule has 2 aromatic carbocycles. The molecule has 176 valence electrons. The summed E-state index contributed by atoms with van der Waals surface area (Å²) in [6.07, 6.45) is 1.68. The van der Waals surface area contributed by atoms with E-state index in [2.05, 4.69) is 9.97 Å². The number of aliphatic hydroxyl groups excluding tert-OH is 1. The Hall–Kier alpha value is -4.33. The van der Waals surface area contributed by atoms with Crippen molar-refractivity contribution >= 4 is 34.4 Å². The second-order valence-corrected chi connectivity index (χ2v) is 8.97. The van der Waals surface area contributed by atoms with Crippen molar-refractivity contribution in [3.8, 4) is 5.75 Å². The standard InChI is InChI=1S/C27H23N3O5/c1-14-5-8-18-19(12-14)29-27(28-18)30-23(21-9-6-15(2)35-21)22(25(32)26(30)33)24(31)17-7-10-20-16(13-17)4-3-11-34-20/h5-10,12-13,23,31H,3-4,11H2,1-2H3,(H,28,29)/b24-22+. The normalized spacial score (nSPS) is 19.3. The van der Waals surface area contributed by atoms with Gasteiger partial charge in [-0.05, 0) is 80.3 Å². The molecule has 1 amide bonds. The Kier molecular flexibility index (Phi) is 4.77. The van der Waals surface area contributed by atoms with Crippen molar-refractivity contribution in [1.82, 2.24) is 9.97 Å². The van der Waals surface area contributed by atoms with Crippen LogP contribution in [0.4, 0.5) is 5.95 Å². The first-order chi connectivity index (χ1) is 16.9. The molecule has 1 fully saturated rings. The molecular weight excluding hydrogens is 446 g/mol. The summed E-state index contributed by atoms with van der Waals surface area (Å²) in [7, 11) is 0. The van der Waals surface area contributed by atoms with Crippen molar-refractivity contribution in [2.45, 2.75) is 32.7 Å². The lowest BCUT2D eigenvalue weighted by molar-refractivity contribution is -0.132. The number of aryl methyl sites for hydroxylation is 3. The maximum absolute atomic E-state index is 13.3. The Balaban J connectivity index is 1.53. The third-order valence-electron chi connectivity index (χ3n) is 6.51. The van der Waals surface area contributed by atoms with Crippen molar-refractivity contribution in [2.75, 3.05) is 11.5 Å². The van der Waals surface area contributed by atoms with Gasteiger partial charge in [0.15, 0.2) is 0 Å². The number of hydrogen-bond donors (Lipinski definition) is 2. The lowest BCUT2D eigenvalue weighted by Gasteiger charge is -2.21. The number of ether oxygens (including phenoxy) is 1. The van der Waals surface area contributed by atoms with E-state index in [4.69, 9.17) is 9.15 Å². The Morgan fingerprint density at radius 1 is 1.11 bits per heavy atom. The van der Waals surface area contributed by atoms with Crippen molar-refractivity contribution in [3.05, 3.63) is 82.3 Å². The summed E-state index contributed by atoms with van der Waals surface area (Å²) in [5.74, 6) is 0.117. The number of amides is 1. The fourth-order valence-electron chi connectivity index (χ4n) is 4.81. The smallest absolute Gasteiger partial charge is 0.302 e. The van der Waals surface area contributed by atoms with Gasteiger partial charge in [-0.15, -0.1) is 0 Å². The minimum absolute atomic E-state index is 0.0438. The first-order valence-electron chi connectivity index (χ1n) is 11.5. The van der Waals surface area contributed by atoms with E-state index in [1.807, 2.05) is 31.2 Å². The van der Waals surface area contributed by atoms with E-state index in [-0.39, 0.29) is 17.3 Å². The van der Waals surface area contributed by atoms with Crippen LogP contribution in [0.15, 0.2) is 58.5 Å². The number of aliphatic hydroxyl groups is 1. The number of furan rings is 1. The molecule has 0 spiro atoms. The minimum atomic E-state index is -0.974. The van der Waals surface area contributed by atoms with Gasteiger partial charge in [0, 0.05) is 5.56 Å². The van der Waals surface area contributed by atoms with Crippen LogP contribution in [0.25, 0.3) is 16.8 Å². The Labute approximate surface area is 200 Å². The predicted octanol–water partition coefficient (Wildman–Crippen LogP) is 4.72. The molecule has 1 atom stereocenters. The highest BCUT2D eigenvalue weighted by Crippen LogP contribution is 2.42. The molecule has 1 unspecified atom stereocenters. The zero-order valence-electron chi connectivity index (χ0n) is 19.3. The summed E-state index contributed by atoms with van der Waals surface area (Å²) in [5, 5.41) is 11.4. The molecule has 4 heterocycles. The first-order valence-corrected chi connectivity index (χ1v) is 11.5. The Morgan fingerprint density at radius 2 is 1.97 bits per heavy atom. The summed E-state index contributed by atoms with van der Waals surface area (Å²) >= 11 is 0. The highest BCUT2D eigenvalue weighted by Gasteiger charge is 2.49. The molecule has 8 nitrogen and oxygen atoms in total. The molecule has 0 aliphatic carbocycles. The number of nitrogens with one attached hydrogen (secondary N) is 1. The number of aromatic amines is 1. The van der Waals surface area contributed by atoms with Gasteiger partial charge >= 0.3 is 5.91 Å². The number of carbonyl (C=O) groups is 2. The number of imidazole rings is 1. The molecule has 2 aliphatic heterocycles. The lowest BCUT2D eigenvalue weighted by Crippen LogP contribution is -2.30. The summed E-state index contributed by atoms with van der Waals surface area (Å²) < 4.78 is 11.5. The van der Waals surface area contributed by atoms with Gasteiger partial charge < -0.3 is 19.2 Å². The van der Waals surface area contributed by atoms with E-state index < -0.39 is 17.7 Å². The highest BCUT2D eigenvalue weighted by atomic mass is 16.5. The van der Waals surface area contributed by atoms with Crippen molar-refractivity contribution in [1.29, 1.82) is 0 Å². The number of aromatic nitrogens is 2. The number of hydrogen-bond acceptors (Lipinski definition) is 6. The van der Waals surface area contributed by atoms with E-state index in [0.29, 0.717) is 29.2 Å². The van der Waals surface area contributed by atoms with Crippen LogP contribution in [0.5, 0.6) is 5.75 Å². The van der Waals surface area contributed by atoms with E-state index in [9.17, 15) is 14.7 Å². The fourth-order valence-corrected chi connectivity index (χ4v) is 4.81. The van der Waals surface area contributed by atoms with Crippen molar-refractivity contribution < 1.29 is 23.8 Å². The van der Waals surface area contributed by atoms with Gasteiger partial charge in [-0.25, -0.2) is 4.98 Å². The zero-order chi connectivity index (χ0) is 24.3. The van der Waals surface area contributed by atoms with Crippen molar-refractivity contribution in [3.63, 3.8) is 0 Å². The molecule has 6 rings (SSSR count). The lowest BCUT2D eigenvalue weighted by atomic mass is 9.96. The van der Waals surface area contributed by atoms with E-state index in [1.54, 1.807) is 31.2 Å². The fraction of sp³-hybridized carbons (Fsp3) is 0.222. The highest BCUT2D eigenvalue weighted by molar-refractivity contribution is 6.51. The van der Waals surface area contributed by atoms with Crippen LogP contribution in [0.2, 0.25) is 0 Å². The zero-order valence-corrected chi connectivity index (χ0v) is 19.3. The minimum Gasteiger partial charge on any atom is -0.507 e. The van der Waals surface area contributed by atoms with Gasteiger partial charge in [-0.2, -0.15) is 0 Å². The number of anilines is 1. The van der Waals surface area contributed by atoms with Gasteiger partial charge in [0.2, 0.25) is 5.95 Å². The van der Waals surface area contributed by atoms with Crippen LogP contribution in [0.3, 0.4) is 0 Å². The second-order valence-electron chi connectivity index (χ2n) is 8.97. The summed E-state index contributed by atoms with van der Waals surface area (Å²) in [4.78, 5) is 35.6. The number of fused-ring (bicyclic) bond motifs is 2. The second kappa shape index (κ2) is 7.87. The van der Waals surface area contributed by atoms with E-state index >= 15 is 0 Å². The number of nitrogens with zero attached hydrogens (tertiary/aromatic N) is 2. The van der Waals surface area contributed by atoms with Gasteiger partial charge in [-0.3, -0.25) is 14.5 Å². The van der Waals surface area contributed by atoms with Gasteiger partial charge in [-0.1, -0.05) is 6.07 Å². The molecule has 2 aliphatic rings. The number of rotatable bonds is 3. The molecule has 0 bridgehead atoms. The van der Waals surface area contributed by atoms with Gasteiger partial charge in [0.1, 0.15) is 29.1 Å². The van der Waals surface area contributed by atoms with Gasteiger partial charge in [0.25, 0.3) is 5.78 Å². The summed E-state index contributed by atoms with van der Waals surface area (Å²) in [6.45, 7) is 4.39. The molecule has 35 heavy (non-hydrogen) atoms. The Morgan fingerprint density at radius 3 is 2.77 bits per heavy atom. The third-order valence-corrected chi connectivity index (χ3v) is 6.51. The summed E-state index contributed by atoms with van der Waals surface area (Å²) in [5.41, 5.74) is 3.79. The number of carbonyl (C=O) groups excluding carboxylic acids is 2. The molecule has 0 radical (unpaired) electrons. The number of H-pyrrole nitrogens is 1. The summed E-state index contributed by atoms with van der Waals surface area (Å²) in [6, 6.07) is 13.5. The van der Waals surface area contributed by atoms with Crippen LogP contribution >= 0.6 is 0 Å².